The molecule has 0 aliphatic carbocycles. The monoisotopic (exact) mass is 248 g/mol. The average Bonchev–Trinajstić information content (AvgIpc) is 2.77. The minimum atomic E-state index is -0.171. The Labute approximate surface area is 110 Å². The molecule has 0 aromatic heterocycles. The van der Waals surface area contributed by atoms with Crippen LogP contribution >= 0.6 is 0 Å². The maximum atomic E-state index is 9.38. The first kappa shape index (κ1) is 13.4. The van der Waals surface area contributed by atoms with Crippen molar-refractivity contribution in [2.45, 2.75) is 38.8 Å². The summed E-state index contributed by atoms with van der Waals surface area (Å²) in [5.74, 6) is 0. The van der Waals surface area contributed by atoms with Crippen LogP contribution in [0.25, 0.3) is 0 Å². The molecule has 1 aromatic carbocycles. The molecule has 18 heavy (non-hydrogen) atoms. The molecule has 0 fully saturated rings. The zero-order valence-electron chi connectivity index (χ0n) is 11.7. The van der Waals surface area contributed by atoms with E-state index in [9.17, 15) is 5.11 Å². The van der Waals surface area contributed by atoms with Crippen molar-refractivity contribution >= 4 is 5.69 Å². The summed E-state index contributed by atoms with van der Waals surface area (Å²) in [6.07, 6.45) is 2.07. The Morgan fingerprint density at radius 1 is 1.44 bits per heavy atom. The topological polar surface area (TPSA) is 35.5 Å². The van der Waals surface area contributed by atoms with Crippen molar-refractivity contribution in [3.05, 3.63) is 29.3 Å². The van der Waals surface area contributed by atoms with E-state index >= 15 is 0 Å². The van der Waals surface area contributed by atoms with Gasteiger partial charge in [-0.1, -0.05) is 19.1 Å². The summed E-state index contributed by atoms with van der Waals surface area (Å²) in [4.78, 5) is 2.30. The van der Waals surface area contributed by atoms with E-state index in [4.69, 9.17) is 0 Å². The average molecular weight is 248 g/mol. The van der Waals surface area contributed by atoms with Gasteiger partial charge in [0.25, 0.3) is 0 Å². The number of hydrogen-bond donors (Lipinski definition) is 2. The van der Waals surface area contributed by atoms with Crippen LogP contribution in [-0.4, -0.2) is 30.8 Å². The summed E-state index contributed by atoms with van der Waals surface area (Å²) in [5.41, 5.74) is 3.94. The van der Waals surface area contributed by atoms with Gasteiger partial charge in [-0.15, -0.1) is 0 Å². The number of fused-ring (bicyclic) bond motifs is 1. The minimum Gasteiger partial charge on any atom is -0.394 e. The van der Waals surface area contributed by atoms with Crippen molar-refractivity contribution in [3.8, 4) is 0 Å². The molecule has 1 unspecified atom stereocenters. The molecule has 0 radical (unpaired) electrons. The highest BCUT2D eigenvalue weighted by Crippen LogP contribution is 2.27. The van der Waals surface area contributed by atoms with E-state index in [-0.39, 0.29) is 12.1 Å². The van der Waals surface area contributed by atoms with Crippen molar-refractivity contribution in [2.24, 2.45) is 0 Å². The van der Waals surface area contributed by atoms with Crippen LogP contribution in [0.3, 0.4) is 0 Å². The lowest BCUT2D eigenvalue weighted by atomic mass is 9.99. The van der Waals surface area contributed by atoms with E-state index in [0.717, 1.165) is 25.9 Å². The summed E-state index contributed by atoms with van der Waals surface area (Å²) in [6, 6.07) is 6.68. The molecule has 1 aliphatic heterocycles. The smallest absolute Gasteiger partial charge is 0.0610 e. The van der Waals surface area contributed by atoms with Gasteiger partial charge < -0.3 is 15.3 Å². The van der Waals surface area contributed by atoms with Gasteiger partial charge in [0.2, 0.25) is 0 Å². The SMILES string of the molecule is CCC(C)(CO)NCc1ccc2c(c1)CCN2C. The van der Waals surface area contributed by atoms with Crippen molar-refractivity contribution < 1.29 is 5.11 Å². The fraction of sp³-hybridized carbons (Fsp3) is 0.600. The molecule has 0 saturated heterocycles. The highest BCUT2D eigenvalue weighted by Gasteiger charge is 2.20. The summed E-state index contributed by atoms with van der Waals surface area (Å²) in [6.45, 7) is 6.28. The lowest BCUT2D eigenvalue weighted by Gasteiger charge is -2.27. The molecule has 1 atom stereocenters. The predicted octanol–water partition coefficient (Wildman–Crippen LogP) is 1.93. The highest BCUT2D eigenvalue weighted by atomic mass is 16.3. The molecule has 0 spiro atoms. The molecule has 1 aliphatic rings. The predicted molar refractivity (Wildman–Crippen MR) is 76.0 cm³/mol. The molecule has 0 bridgehead atoms. The molecular weight excluding hydrogens is 224 g/mol. The van der Waals surface area contributed by atoms with Gasteiger partial charge in [-0.2, -0.15) is 0 Å². The van der Waals surface area contributed by atoms with Crippen molar-refractivity contribution in [3.63, 3.8) is 0 Å². The lowest BCUT2D eigenvalue weighted by Crippen LogP contribution is -2.44. The zero-order valence-corrected chi connectivity index (χ0v) is 11.7. The van der Waals surface area contributed by atoms with Crippen LogP contribution in [0.2, 0.25) is 0 Å². The molecule has 2 rings (SSSR count). The number of benzene rings is 1. The van der Waals surface area contributed by atoms with E-state index in [2.05, 4.69) is 49.3 Å². The van der Waals surface area contributed by atoms with Crippen LogP contribution in [-0.2, 0) is 13.0 Å². The number of aliphatic hydroxyl groups is 1. The lowest BCUT2D eigenvalue weighted by molar-refractivity contribution is 0.169. The van der Waals surface area contributed by atoms with Gasteiger partial charge in [0.05, 0.1) is 6.61 Å². The van der Waals surface area contributed by atoms with Gasteiger partial charge in [-0.05, 0) is 37.0 Å². The van der Waals surface area contributed by atoms with E-state index in [1.54, 1.807) is 0 Å². The van der Waals surface area contributed by atoms with Crippen molar-refractivity contribution in [2.75, 3.05) is 25.1 Å². The number of likely N-dealkylation sites (N-methyl/N-ethyl adjacent to an activating group) is 1. The number of anilines is 1. The van der Waals surface area contributed by atoms with Gasteiger partial charge in [0, 0.05) is 31.4 Å². The molecule has 0 saturated carbocycles. The van der Waals surface area contributed by atoms with Crippen molar-refractivity contribution in [1.29, 1.82) is 0 Å². The normalized spacial score (nSPS) is 17.7. The molecule has 1 aromatic rings. The van der Waals surface area contributed by atoms with Crippen molar-refractivity contribution in [1.82, 2.24) is 5.32 Å². The Bertz CT molecular complexity index is 413. The number of nitrogens with one attached hydrogen (secondary N) is 1. The summed E-state index contributed by atoms with van der Waals surface area (Å²) >= 11 is 0. The molecule has 2 N–H and O–H groups in total. The van der Waals surface area contributed by atoms with E-state index in [0.29, 0.717) is 0 Å². The first-order valence-corrected chi connectivity index (χ1v) is 6.77. The number of aliphatic hydroxyl groups excluding tert-OH is 1. The minimum absolute atomic E-state index is 0.171. The van der Waals surface area contributed by atoms with Crippen LogP contribution in [0.15, 0.2) is 18.2 Å². The van der Waals surface area contributed by atoms with E-state index < -0.39 is 0 Å². The van der Waals surface area contributed by atoms with Crippen LogP contribution in [0.4, 0.5) is 5.69 Å². The molecule has 3 heteroatoms. The Balaban J connectivity index is 2.03. The Morgan fingerprint density at radius 2 is 2.22 bits per heavy atom. The fourth-order valence-corrected chi connectivity index (χ4v) is 2.34. The largest absolute Gasteiger partial charge is 0.394 e. The maximum absolute atomic E-state index is 9.38. The summed E-state index contributed by atoms with van der Waals surface area (Å²) in [7, 11) is 2.14. The zero-order chi connectivity index (χ0) is 13.2. The second-order valence-corrected chi connectivity index (χ2v) is 5.56. The van der Waals surface area contributed by atoms with Gasteiger partial charge >= 0.3 is 0 Å². The van der Waals surface area contributed by atoms with Crippen LogP contribution in [0, 0.1) is 0 Å². The van der Waals surface area contributed by atoms with E-state index in [1.165, 1.54) is 16.8 Å². The van der Waals surface area contributed by atoms with Gasteiger partial charge in [-0.25, -0.2) is 0 Å². The Hall–Kier alpha value is -1.06. The highest BCUT2D eigenvalue weighted by molar-refractivity contribution is 5.58. The van der Waals surface area contributed by atoms with Crippen LogP contribution in [0.1, 0.15) is 31.4 Å². The number of nitrogens with zero attached hydrogens (tertiary/aromatic N) is 1. The third-order valence-electron chi connectivity index (χ3n) is 4.12. The number of hydrogen-bond acceptors (Lipinski definition) is 3. The standard InChI is InChI=1S/C15H24N2O/c1-4-15(2,11-18)16-10-12-5-6-14-13(9-12)7-8-17(14)3/h5-6,9,16,18H,4,7-8,10-11H2,1-3H3. The summed E-state index contributed by atoms with van der Waals surface area (Å²) < 4.78 is 0. The quantitative estimate of drug-likeness (QED) is 0.836. The van der Waals surface area contributed by atoms with E-state index in [1.807, 2.05) is 0 Å². The molecular formula is C15H24N2O. The fourth-order valence-electron chi connectivity index (χ4n) is 2.34. The van der Waals surface area contributed by atoms with Gasteiger partial charge in [0.15, 0.2) is 0 Å². The Kier molecular flexibility index (Phi) is 3.93. The summed E-state index contributed by atoms with van der Waals surface area (Å²) in [5, 5.41) is 12.8. The second kappa shape index (κ2) is 5.29. The van der Waals surface area contributed by atoms with Gasteiger partial charge in [0.1, 0.15) is 0 Å². The maximum Gasteiger partial charge on any atom is 0.0610 e. The Morgan fingerprint density at radius 3 is 2.89 bits per heavy atom. The molecule has 100 valence electrons. The third kappa shape index (κ3) is 2.68. The first-order chi connectivity index (χ1) is 8.58. The third-order valence-corrected chi connectivity index (χ3v) is 4.12. The van der Waals surface area contributed by atoms with Gasteiger partial charge in [-0.3, -0.25) is 0 Å². The first-order valence-electron chi connectivity index (χ1n) is 6.77. The number of rotatable bonds is 5. The van der Waals surface area contributed by atoms with Crippen LogP contribution < -0.4 is 10.2 Å². The molecule has 1 heterocycles. The van der Waals surface area contributed by atoms with Crippen LogP contribution in [0.5, 0.6) is 0 Å². The molecule has 3 nitrogen and oxygen atoms in total. The molecule has 0 amide bonds. The second-order valence-electron chi connectivity index (χ2n) is 5.56.